The van der Waals surface area contributed by atoms with Gasteiger partial charge in [-0.25, -0.2) is 0 Å². The van der Waals surface area contributed by atoms with E-state index in [0.29, 0.717) is 0 Å². The van der Waals surface area contributed by atoms with Crippen molar-refractivity contribution < 1.29 is 0 Å². The second-order valence-electron chi connectivity index (χ2n) is 6.69. The van der Waals surface area contributed by atoms with Crippen molar-refractivity contribution in [1.29, 1.82) is 0 Å². The van der Waals surface area contributed by atoms with Crippen molar-refractivity contribution in [3.8, 4) is 0 Å². The molecular formula is C24H14. The lowest BCUT2D eigenvalue weighted by molar-refractivity contribution is 1.76. The molecule has 110 valence electrons. The highest BCUT2D eigenvalue weighted by Gasteiger charge is 2.13. The molecule has 0 bridgehead atoms. The summed E-state index contributed by atoms with van der Waals surface area (Å²) in [6.45, 7) is 0. The first-order valence-electron chi connectivity index (χ1n) is 8.37. The van der Waals surface area contributed by atoms with Gasteiger partial charge in [-0.3, -0.25) is 0 Å². The maximum Gasteiger partial charge on any atom is -0.00324 e. The molecule has 0 spiro atoms. The lowest BCUT2D eigenvalue weighted by atomic mass is 9.94. The van der Waals surface area contributed by atoms with Gasteiger partial charge in [0.2, 0.25) is 0 Å². The van der Waals surface area contributed by atoms with Gasteiger partial charge in [0.1, 0.15) is 0 Å². The molecule has 1 aliphatic carbocycles. The summed E-state index contributed by atoms with van der Waals surface area (Å²) in [5.41, 5.74) is 2.70. The molecule has 5 aromatic carbocycles. The maximum absolute atomic E-state index is 2.36. The van der Waals surface area contributed by atoms with Crippen molar-refractivity contribution in [2.45, 2.75) is 0 Å². The van der Waals surface area contributed by atoms with Crippen LogP contribution in [0, 0.1) is 0 Å². The van der Waals surface area contributed by atoms with E-state index in [4.69, 9.17) is 0 Å². The minimum Gasteiger partial charge on any atom is -0.0616 e. The summed E-state index contributed by atoms with van der Waals surface area (Å²) >= 11 is 0. The third kappa shape index (κ3) is 1.53. The van der Waals surface area contributed by atoms with Crippen molar-refractivity contribution >= 4 is 55.2 Å². The first kappa shape index (κ1) is 12.3. The molecular weight excluding hydrogens is 288 g/mol. The number of fused-ring (bicyclic) bond motifs is 4. The van der Waals surface area contributed by atoms with Crippen molar-refractivity contribution in [3.05, 3.63) is 83.9 Å². The van der Waals surface area contributed by atoms with Crippen LogP contribution in [0.5, 0.6) is 0 Å². The summed E-state index contributed by atoms with van der Waals surface area (Å²) in [7, 11) is 0. The van der Waals surface area contributed by atoms with Crippen LogP contribution in [0.2, 0.25) is 0 Å². The molecule has 1 aliphatic rings. The van der Waals surface area contributed by atoms with Gasteiger partial charge in [0.15, 0.2) is 0 Å². The minimum absolute atomic E-state index is 1.30. The Kier molecular flexibility index (Phi) is 2.18. The first-order valence-corrected chi connectivity index (χ1v) is 8.37. The molecule has 0 aromatic heterocycles. The van der Waals surface area contributed by atoms with E-state index in [1.54, 1.807) is 0 Å². The molecule has 0 saturated carbocycles. The topological polar surface area (TPSA) is 0 Å². The van der Waals surface area contributed by atoms with E-state index in [9.17, 15) is 0 Å². The van der Waals surface area contributed by atoms with Gasteiger partial charge < -0.3 is 0 Å². The van der Waals surface area contributed by atoms with Crippen LogP contribution in [0.15, 0.2) is 72.8 Å². The molecule has 0 aliphatic heterocycles. The van der Waals surface area contributed by atoms with Gasteiger partial charge in [-0.2, -0.15) is 0 Å². The fourth-order valence-corrected chi connectivity index (χ4v) is 4.17. The van der Waals surface area contributed by atoms with E-state index < -0.39 is 0 Å². The Hall–Kier alpha value is -3.12. The largest absolute Gasteiger partial charge is 0.0616 e. The highest BCUT2D eigenvalue weighted by atomic mass is 14.2. The molecule has 0 radical (unpaired) electrons. The van der Waals surface area contributed by atoms with Crippen molar-refractivity contribution in [1.82, 2.24) is 0 Å². The lowest BCUT2D eigenvalue weighted by Gasteiger charge is -2.10. The number of benzene rings is 5. The SMILES string of the molecule is C1=Cc2c3cc4cc5ccccc5cc4cc3cc3cccc1c23. The normalized spacial score (nSPS) is 12.8. The fourth-order valence-electron chi connectivity index (χ4n) is 4.17. The number of rotatable bonds is 0. The fraction of sp³-hybridized carbons (Fsp3) is 0. The first-order chi connectivity index (χ1) is 11.9. The standard InChI is InChI=1S/C24H14/c1-2-5-17-11-20-14-23-21(13-19(20)10-16(17)4-1)12-18-7-3-6-15-8-9-22(23)24(15)18/h1-14H. The van der Waals surface area contributed by atoms with Gasteiger partial charge in [-0.15, -0.1) is 0 Å². The second kappa shape index (κ2) is 4.24. The zero-order valence-corrected chi connectivity index (χ0v) is 13.1. The van der Waals surface area contributed by atoms with Crippen LogP contribution in [-0.2, 0) is 0 Å². The zero-order valence-electron chi connectivity index (χ0n) is 13.1. The molecule has 0 saturated heterocycles. The average molecular weight is 302 g/mol. The van der Waals surface area contributed by atoms with Crippen molar-refractivity contribution in [2.75, 3.05) is 0 Å². The Morgan fingerprint density at radius 1 is 0.458 bits per heavy atom. The average Bonchev–Trinajstić information content (AvgIpc) is 3.05. The van der Waals surface area contributed by atoms with E-state index in [2.05, 4.69) is 84.9 Å². The van der Waals surface area contributed by atoms with Gasteiger partial charge in [0.25, 0.3) is 0 Å². The molecule has 0 unspecified atom stereocenters. The predicted octanol–water partition coefficient (Wildman–Crippen LogP) is 6.78. The monoisotopic (exact) mass is 302 g/mol. The summed E-state index contributed by atoms with van der Waals surface area (Å²) in [4.78, 5) is 0. The molecule has 0 N–H and O–H groups in total. The molecule has 24 heavy (non-hydrogen) atoms. The van der Waals surface area contributed by atoms with E-state index >= 15 is 0 Å². The molecule has 0 amide bonds. The zero-order chi connectivity index (χ0) is 15.7. The quantitative estimate of drug-likeness (QED) is 0.271. The smallest absolute Gasteiger partial charge is 0.00324 e. The highest BCUT2D eigenvalue weighted by Crippen LogP contribution is 2.38. The Morgan fingerprint density at radius 3 is 1.96 bits per heavy atom. The van der Waals surface area contributed by atoms with Crippen LogP contribution in [0.25, 0.3) is 55.2 Å². The van der Waals surface area contributed by atoms with Crippen LogP contribution in [0.1, 0.15) is 11.1 Å². The Labute approximate surface area is 139 Å². The summed E-state index contributed by atoms with van der Waals surface area (Å²) in [5.74, 6) is 0. The van der Waals surface area contributed by atoms with E-state index in [1.165, 1.54) is 54.2 Å². The summed E-state index contributed by atoms with van der Waals surface area (Å²) in [5, 5.41) is 10.6. The molecule has 6 rings (SSSR count). The van der Waals surface area contributed by atoms with Crippen molar-refractivity contribution in [3.63, 3.8) is 0 Å². The third-order valence-electron chi connectivity index (χ3n) is 5.30. The van der Waals surface area contributed by atoms with Crippen LogP contribution in [0.3, 0.4) is 0 Å². The predicted molar refractivity (Wildman–Crippen MR) is 105 cm³/mol. The molecule has 0 fully saturated rings. The Morgan fingerprint density at radius 2 is 1.12 bits per heavy atom. The summed E-state index contributed by atoms with van der Waals surface area (Å²) < 4.78 is 0. The van der Waals surface area contributed by atoms with Gasteiger partial charge in [0, 0.05) is 0 Å². The van der Waals surface area contributed by atoms with Gasteiger partial charge in [-0.05, 0) is 84.5 Å². The Balaban J connectivity index is 1.83. The highest BCUT2D eigenvalue weighted by molar-refractivity contribution is 6.17. The van der Waals surface area contributed by atoms with E-state index in [0.717, 1.165) is 0 Å². The minimum atomic E-state index is 1.30. The van der Waals surface area contributed by atoms with E-state index in [-0.39, 0.29) is 0 Å². The summed E-state index contributed by atoms with van der Waals surface area (Å²) in [6, 6.07) is 26.8. The maximum atomic E-state index is 2.36. The molecule has 5 aromatic rings. The molecule has 0 atom stereocenters. The molecule has 0 nitrogen and oxygen atoms in total. The Bertz CT molecular complexity index is 1340. The van der Waals surface area contributed by atoms with Crippen LogP contribution < -0.4 is 0 Å². The van der Waals surface area contributed by atoms with Crippen LogP contribution >= 0.6 is 0 Å². The van der Waals surface area contributed by atoms with Crippen LogP contribution in [-0.4, -0.2) is 0 Å². The van der Waals surface area contributed by atoms with Gasteiger partial charge in [-0.1, -0.05) is 54.6 Å². The number of hydrogen-bond donors (Lipinski definition) is 0. The lowest BCUT2D eigenvalue weighted by Crippen LogP contribution is -1.84. The van der Waals surface area contributed by atoms with Gasteiger partial charge in [0.05, 0.1) is 0 Å². The molecule has 0 heteroatoms. The number of hydrogen-bond acceptors (Lipinski definition) is 0. The summed E-state index contributed by atoms with van der Waals surface area (Å²) in [6.07, 6.45) is 4.51. The van der Waals surface area contributed by atoms with Crippen molar-refractivity contribution in [2.24, 2.45) is 0 Å². The third-order valence-corrected chi connectivity index (χ3v) is 5.30. The van der Waals surface area contributed by atoms with E-state index in [1.807, 2.05) is 0 Å². The van der Waals surface area contributed by atoms with Gasteiger partial charge >= 0.3 is 0 Å². The second-order valence-corrected chi connectivity index (χ2v) is 6.69. The van der Waals surface area contributed by atoms with Crippen LogP contribution in [0.4, 0.5) is 0 Å². The molecule has 0 heterocycles.